The van der Waals surface area contributed by atoms with E-state index in [1.54, 1.807) is 18.2 Å². The molecule has 17 heavy (non-hydrogen) atoms. The normalized spacial score (nSPS) is 10.5. The van der Waals surface area contributed by atoms with Crippen molar-refractivity contribution in [1.29, 1.82) is 0 Å². The zero-order chi connectivity index (χ0) is 12.6. The highest BCUT2D eigenvalue weighted by Gasteiger charge is 2.15. The van der Waals surface area contributed by atoms with Crippen molar-refractivity contribution in [3.05, 3.63) is 39.9 Å². The van der Waals surface area contributed by atoms with Gasteiger partial charge in [-0.25, -0.2) is 4.79 Å². The van der Waals surface area contributed by atoms with Crippen molar-refractivity contribution < 1.29 is 9.59 Å². The van der Waals surface area contributed by atoms with Gasteiger partial charge in [0.15, 0.2) is 11.6 Å². The zero-order valence-electron chi connectivity index (χ0n) is 9.40. The number of aromatic amines is 1. The van der Waals surface area contributed by atoms with E-state index in [9.17, 15) is 14.4 Å². The van der Waals surface area contributed by atoms with Crippen LogP contribution in [-0.4, -0.2) is 21.5 Å². The van der Waals surface area contributed by atoms with E-state index in [4.69, 9.17) is 0 Å². The number of carbonyl (C=O) groups excluding carboxylic acids is 2. The summed E-state index contributed by atoms with van der Waals surface area (Å²) in [6, 6.07) is 4.90. The van der Waals surface area contributed by atoms with Crippen LogP contribution >= 0.6 is 0 Å². The van der Waals surface area contributed by atoms with Crippen LogP contribution in [0.2, 0.25) is 0 Å². The molecule has 0 unspecified atom stereocenters. The molecule has 86 valence electrons. The number of hydrogen-bond donors (Lipinski definition) is 1. The maximum Gasteiger partial charge on any atom is 0.346 e. The van der Waals surface area contributed by atoms with E-state index < -0.39 is 5.69 Å². The monoisotopic (exact) mass is 230 g/mol. The summed E-state index contributed by atoms with van der Waals surface area (Å²) >= 11 is 0. The summed E-state index contributed by atoms with van der Waals surface area (Å²) in [6.45, 7) is 2.72. The molecule has 1 N–H and O–H groups in total. The molecule has 1 heterocycles. The van der Waals surface area contributed by atoms with Gasteiger partial charge in [0.25, 0.3) is 0 Å². The predicted molar refractivity (Wildman–Crippen MR) is 62.4 cm³/mol. The molecular formula is C12H10N2O3. The minimum Gasteiger partial charge on any atom is -0.305 e. The SMILES string of the molecule is CC(=O)c1cccc2[nH]c(=O)nc(C(C)=O)c12. The van der Waals surface area contributed by atoms with Crippen molar-refractivity contribution in [2.24, 2.45) is 0 Å². The van der Waals surface area contributed by atoms with Crippen LogP contribution in [0.5, 0.6) is 0 Å². The van der Waals surface area contributed by atoms with E-state index in [0.717, 1.165) is 0 Å². The predicted octanol–water partition coefficient (Wildman–Crippen LogP) is 1.33. The Morgan fingerprint density at radius 2 is 1.88 bits per heavy atom. The molecule has 1 aromatic heterocycles. The van der Waals surface area contributed by atoms with Gasteiger partial charge < -0.3 is 4.98 Å². The van der Waals surface area contributed by atoms with Gasteiger partial charge in [0.2, 0.25) is 0 Å². The second kappa shape index (κ2) is 3.93. The standard InChI is InChI=1S/C12H10N2O3/c1-6(15)8-4-3-5-9-10(8)11(7(2)16)14-12(17)13-9/h3-5H,1-2H3,(H,13,14,17). The van der Waals surface area contributed by atoms with E-state index >= 15 is 0 Å². The molecule has 0 saturated carbocycles. The molecule has 0 aliphatic heterocycles. The number of benzene rings is 1. The average molecular weight is 230 g/mol. The number of rotatable bonds is 2. The van der Waals surface area contributed by atoms with Crippen LogP contribution < -0.4 is 5.69 Å². The molecule has 2 aromatic rings. The van der Waals surface area contributed by atoms with Gasteiger partial charge >= 0.3 is 5.69 Å². The molecule has 0 aliphatic rings. The number of carbonyl (C=O) groups is 2. The largest absolute Gasteiger partial charge is 0.346 e. The maximum atomic E-state index is 11.5. The van der Waals surface area contributed by atoms with E-state index in [1.807, 2.05) is 0 Å². The Kier molecular flexibility index (Phi) is 2.59. The van der Waals surface area contributed by atoms with E-state index in [1.165, 1.54) is 13.8 Å². The minimum absolute atomic E-state index is 0.0366. The Bertz CT molecular complexity index is 686. The summed E-state index contributed by atoms with van der Waals surface area (Å²) in [5.41, 5.74) is 0.275. The molecule has 5 heteroatoms. The summed E-state index contributed by atoms with van der Waals surface area (Å²) in [4.78, 5) is 40.4. The van der Waals surface area contributed by atoms with E-state index in [0.29, 0.717) is 16.5 Å². The highest BCUT2D eigenvalue weighted by atomic mass is 16.1. The summed E-state index contributed by atoms with van der Waals surface area (Å²) < 4.78 is 0. The first-order valence-electron chi connectivity index (χ1n) is 5.05. The van der Waals surface area contributed by atoms with Gasteiger partial charge in [0.05, 0.1) is 5.52 Å². The molecule has 0 bridgehead atoms. The summed E-state index contributed by atoms with van der Waals surface area (Å²) in [5.74, 6) is -0.512. The number of H-pyrrole nitrogens is 1. The van der Waals surface area contributed by atoms with Gasteiger partial charge in [-0.15, -0.1) is 0 Å². The molecule has 2 rings (SSSR count). The molecule has 0 amide bonds. The third kappa shape index (κ3) is 1.87. The Morgan fingerprint density at radius 1 is 1.18 bits per heavy atom. The van der Waals surface area contributed by atoms with Crippen LogP contribution in [0.3, 0.4) is 0 Å². The number of hydrogen-bond acceptors (Lipinski definition) is 4. The van der Waals surface area contributed by atoms with Gasteiger partial charge in [-0.2, -0.15) is 4.98 Å². The van der Waals surface area contributed by atoms with Crippen molar-refractivity contribution in [3.8, 4) is 0 Å². The Balaban J connectivity index is 3.01. The minimum atomic E-state index is -0.594. The first-order valence-corrected chi connectivity index (χ1v) is 5.05. The van der Waals surface area contributed by atoms with Crippen LogP contribution in [0.15, 0.2) is 23.0 Å². The fourth-order valence-corrected chi connectivity index (χ4v) is 1.76. The van der Waals surface area contributed by atoms with Crippen molar-refractivity contribution in [2.75, 3.05) is 0 Å². The van der Waals surface area contributed by atoms with Gasteiger partial charge in [0, 0.05) is 17.9 Å². The maximum absolute atomic E-state index is 11.5. The van der Waals surface area contributed by atoms with Gasteiger partial charge in [-0.1, -0.05) is 12.1 Å². The lowest BCUT2D eigenvalue weighted by Crippen LogP contribution is -2.16. The first kappa shape index (κ1) is 11.2. The highest BCUT2D eigenvalue weighted by Crippen LogP contribution is 2.19. The van der Waals surface area contributed by atoms with Crippen molar-refractivity contribution in [2.45, 2.75) is 13.8 Å². The number of nitrogens with zero attached hydrogens (tertiary/aromatic N) is 1. The number of ketones is 2. The second-order valence-electron chi connectivity index (χ2n) is 3.73. The highest BCUT2D eigenvalue weighted by molar-refractivity contribution is 6.13. The lowest BCUT2D eigenvalue weighted by molar-refractivity contribution is 0.101. The van der Waals surface area contributed by atoms with Crippen molar-refractivity contribution in [3.63, 3.8) is 0 Å². The molecule has 0 atom stereocenters. The lowest BCUT2D eigenvalue weighted by atomic mass is 10.0. The molecule has 0 fully saturated rings. The second-order valence-corrected chi connectivity index (χ2v) is 3.73. The molecular weight excluding hydrogens is 220 g/mol. The molecule has 0 saturated heterocycles. The third-order valence-corrected chi connectivity index (χ3v) is 2.47. The van der Waals surface area contributed by atoms with Crippen molar-refractivity contribution in [1.82, 2.24) is 9.97 Å². The van der Waals surface area contributed by atoms with Crippen LogP contribution in [0, 0.1) is 0 Å². The molecule has 1 aromatic carbocycles. The van der Waals surface area contributed by atoms with Gasteiger partial charge in [-0.3, -0.25) is 9.59 Å². The first-order chi connectivity index (χ1) is 8.00. The van der Waals surface area contributed by atoms with Crippen LogP contribution in [0.4, 0.5) is 0 Å². The lowest BCUT2D eigenvalue weighted by Gasteiger charge is -2.05. The van der Waals surface area contributed by atoms with Crippen LogP contribution in [0.1, 0.15) is 34.7 Å². The summed E-state index contributed by atoms with van der Waals surface area (Å²) in [5, 5.41) is 0.409. The number of fused-ring (bicyclic) bond motifs is 1. The summed E-state index contributed by atoms with van der Waals surface area (Å²) in [7, 11) is 0. The Labute approximate surface area is 96.5 Å². The molecule has 0 radical (unpaired) electrons. The van der Waals surface area contributed by atoms with Gasteiger partial charge in [0.1, 0.15) is 5.69 Å². The van der Waals surface area contributed by atoms with E-state index in [2.05, 4.69) is 9.97 Å². The Hall–Kier alpha value is -2.30. The zero-order valence-corrected chi connectivity index (χ0v) is 9.40. The average Bonchev–Trinajstić information content (AvgIpc) is 2.26. The number of aromatic nitrogens is 2. The quantitative estimate of drug-likeness (QED) is 0.789. The summed E-state index contributed by atoms with van der Waals surface area (Å²) in [6.07, 6.45) is 0. The molecule has 5 nitrogen and oxygen atoms in total. The smallest absolute Gasteiger partial charge is 0.305 e. The van der Waals surface area contributed by atoms with Crippen LogP contribution in [0.25, 0.3) is 10.9 Å². The van der Waals surface area contributed by atoms with Gasteiger partial charge in [-0.05, 0) is 13.0 Å². The Morgan fingerprint density at radius 3 is 2.47 bits per heavy atom. The third-order valence-electron chi connectivity index (χ3n) is 2.47. The topological polar surface area (TPSA) is 79.9 Å². The fraction of sp³-hybridized carbons (Fsp3) is 0.167. The van der Waals surface area contributed by atoms with Crippen molar-refractivity contribution >= 4 is 22.5 Å². The number of Topliss-reactive ketones (excluding diaryl/α,β-unsaturated/α-hetero) is 2. The fourth-order valence-electron chi connectivity index (χ4n) is 1.76. The number of nitrogens with one attached hydrogen (secondary N) is 1. The molecule has 0 aliphatic carbocycles. The van der Waals surface area contributed by atoms with Crippen LogP contribution in [-0.2, 0) is 0 Å². The molecule has 0 spiro atoms. The van der Waals surface area contributed by atoms with E-state index in [-0.39, 0.29) is 17.3 Å².